The van der Waals surface area contributed by atoms with Crippen molar-refractivity contribution in [2.24, 2.45) is 0 Å². The van der Waals surface area contributed by atoms with Crippen LogP contribution in [0.15, 0.2) is 0 Å². The number of amides is 1. The molecule has 0 unspecified atom stereocenters. The Kier molecular flexibility index (Phi) is 3.94. The number of piperidine rings is 1. The molecule has 1 heterocycles. The molecule has 1 aliphatic heterocycles. The van der Waals surface area contributed by atoms with Gasteiger partial charge in [0.2, 0.25) is 0 Å². The molecule has 0 spiro atoms. The van der Waals surface area contributed by atoms with E-state index in [0.29, 0.717) is 0 Å². The van der Waals surface area contributed by atoms with Crippen LogP contribution in [0.4, 0.5) is 4.79 Å². The molecule has 1 fully saturated rings. The zero-order chi connectivity index (χ0) is 10.8. The second-order valence-corrected chi connectivity index (χ2v) is 7.33. The number of hydrogen-bond acceptors (Lipinski definition) is 2. The van der Waals surface area contributed by atoms with Gasteiger partial charge in [0.15, 0.2) is 0 Å². The van der Waals surface area contributed by atoms with Crippen LogP contribution in [0.2, 0.25) is 4.51 Å². The number of carbonyl (C=O) groups excluding carboxylic acids is 1. The topological polar surface area (TPSA) is 29.5 Å². The average Bonchev–Trinajstić information content (AvgIpc) is 2.02. The van der Waals surface area contributed by atoms with E-state index >= 15 is 0 Å². The summed E-state index contributed by atoms with van der Waals surface area (Å²) >= 11 is 1.35. The van der Waals surface area contributed by atoms with Gasteiger partial charge in [-0.15, -0.1) is 0 Å². The van der Waals surface area contributed by atoms with Gasteiger partial charge in [0.05, 0.1) is 0 Å². The van der Waals surface area contributed by atoms with Gasteiger partial charge in [-0.2, -0.15) is 0 Å². The fourth-order valence-corrected chi connectivity index (χ4v) is 2.21. The van der Waals surface area contributed by atoms with Gasteiger partial charge in [0.25, 0.3) is 0 Å². The fourth-order valence-electron chi connectivity index (χ4n) is 1.44. The minimum atomic E-state index is -0.367. The molecule has 0 aliphatic carbocycles. The van der Waals surface area contributed by atoms with Gasteiger partial charge in [0.1, 0.15) is 0 Å². The van der Waals surface area contributed by atoms with E-state index in [1.807, 2.05) is 25.7 Å². The van der Waals surface area contributed by atoms with Crippen molar-refractivity contribution in [3.63, 3.8) is 0 Å². The van der Waals surface area contributed by atoms with E-state index in [1.165, 1.54) is 18.3 Å². The zero-order valence-corrected chi connectivity index (χ0v) is 12.3. The van der Waals surface area contributed by atoms with Crippen LogP contribution >= 0.6 is 0 Å². The monoisotopic (exact) mass is 248 g/mol. The number of nitrogens with zero attached hydrogens (tertiary/aromatic N) is 1. The first kappa shape index (κ1) is 12.0. The van der Waals surface area contributed by atoms with Gasteiger partial charge in [-0.1, -0.05) is 0 Å². The van der Waals surface area contributed by atoms with E-state index in [0.717, 1.165) is 30.4 Å². The van der Waals surface area contributed by atoms with Gasteiger partial charge in [-0.05, 0) is 0 Å². The van der Waals surface area contributed by atoms with Gasteiger partial charge < -0.3 is 0 Å². The first-order valence-corrected chi connectivity index (χ1v) is 6.91. The molecule has 0 aromatic rings. The van der Waals surface area contributed by atoms with Crippen molar-refractivity contribution < 1.29 is 27.8 Å². The molecule has 1 aliphatic rings. The van der Waals surface area contributed by atoms with E-state index in [9.17, 15) is 4.79 Å². The van der Waals surface area contributed by atoms with Crippen molar-refractivity contribution >= 4 is 6.09 Å². The van der Waals surface area contributed by atoms with Gasteiger partial charge >= 0.3 is 95.6 Å². The molecule has 0 aromatic heterocycles. The number of hydrogen-bond donors (Lipinski definition) is 0. The molecule has 0 N–H and O–H groups in total. The second kappa shape index (κ2) is 4.61. The summed E-state index contributed by atoms with van der Waals surface area (Å²) in [5.74, 6) is 0. The Labute approximate surface area is 95.9 Å². The predicted octanol–water partition coefficient (Wildman–Crippen LogP) is 2.35. The molecule has 0 bridgehead atoms. The molecule has 4 heteroatoms. The second-order valence-electron chi connectivity index (χ2n) is 4.91. The van der Waals surface area contributed by atoms with Gasteiger partial charge in [-0.25, -0.2) is 0 Å². The Morgan fingerprint density at radius 2 is 1.86 bits per heavy atom. The molecular weight excluding hydrogens is 232 g/mol. The van der Waals surface area contributed by atoms with Crippen molar-refractivity contribution in [1.29, 1.82) is 0 Å². The molecule has 1 amide bonds. The third-order valence-corrected chi connectivity index (χ3v) is 3.98. The van der Waals surface area contributed by atoms with E-state index in [1.54, 1.807) is 0 Å². The average molecular weight is 250 g/mol. The van der Waals surface area contributed by atoms with Crippen LogP contribution in [-0.2, 0) is 23.0 Å². The number of ether oxygens (including phenoxy) is 1. The molecule has 14 heavy (non-hydrogen) atoms. The van der Waals surface area contributed by atoms with E-state index < -0.39 is 0 Å². The molecule has 3 nitrogen and oxygen atoms in total. The molecule has 0 saturated carbocycles. The van der Waals surface area contributed by atoms with E-state index in [-0.39, 0.29) is 11.7 Å². The summed E-state index contributed by atoms with van der Waals surface area (Å²) in [5, 5.41) is 0. The van der Waals surface area contributed by atoms with Gasteiger partial charge in [-0.3, -0.25) is 0 Å². The number of carbonyl (C=O) groups is 1. The summed E-state index contributed by atoms with van der Waals surface area (Å²) in [5.41, 5.74) is -0.367. The summed E-state index contributed by atoms with van der Waals surface area (Å²) in [7, 11) is 0. The van der Waals surface area contributed by atoms with Crippen molar-refractivity contribution in [1.82, 2.24) is 4.90 Å². The molecule has 76 valence electrons. The molecule has 0 aromatic carbocycles. The van der Waals surface area contributed by atoms with Crippen LogP contribution in [0.3, 0.4) is 0 Å². The Morgan fingerprint density at radius 1 is 1.36 bits per heavy atom. The summed E-state index contributed by atoms with van der Waals surface area (Å²) < 4.78 is 6.18. The first-order valence-electron chi connectivity index (χ1n) is 5.19. The normalized spacial score (nSPS) is 19.6. The van der Waals surface area contributed by atoms with E-state index in [4.69, 9.17) is 4.74 Å². The predicted molar refractivity (Wildman–Crippen MR) is 50.8 cm³/mol. The van der Waals surface area contributed by atoms with Crippen LogP contribution in [0.25, 0.3) is 0 Å². The van der Waals surface area contributed by atoms with Crippen LogP contribution < -0.4 is 0 Å². The molecular formula is C10H18NO2Zn+. The van der Waals surface area contributed by atoms with Crippen molar-refractivity contribution in [2.45, 2.75) is 43.7 Å². The van der Waals surface area contributed by atoms with Crippen LogP contribution in [0.1, 0.15) is 33.6 Å². The van der Waals surface area contributed by atoms with Crippen LogP contribution in [-0.4, -0.2) is 29.7 Å². The van der Waals surface area contributed by atoms with E-state index in [2.05, 4.69) is 0 Å². The summed E-state index contributed by atoms with van der Waals surface area (Å²) in [6, 6.07) is 0. The molecule has 1 rings (SSSR count). The van der Waals surface area contributed by atoms with Crippen molar-refractivity contribution in [3.8, 4) is 0 Å². The van der Waals surface area contributed by atoms with Crippen LogP contribution in [0, 0.1) is 0 Å². The standard InChI is InChI=1S/C10H18NO2.Zn/c1-10(2,3)13-9(12)11-7-5-4-6-8-11;/h4H,5-8H2,1-3H3;/q;+1. The van der Waals surface area contributed by atoms with Gasteiger partial charge in [0, 0.05) is 0 Å². The molecule has 0 radical (unpaired) electrons. The summed E-state index contributed by atoms with van der Waals surface area (Å²) in [4.78, 5) is 13.5. The Bertz CT molecular complexity index is 205. The minimum absolute atomic E-state index is 0.149. The quantitative estimate of drug-likeness (QED) is 0.617. The summed E-state index contributed by atoms with van der Waals surface area (Å²) in [6.45, 7) is 7.47. The number of rotatable bonds is 0. The third-order valence-electron chi connectivity index (χ3n) is 2.27. The Morgan fingerprint density at radius 3 is 2.29 bits per heavy atom. The maximum absolute atomic E-state index is 11.6. The number of likely N-dealkylation sites (tertiary alicyclic amines) is 1. The van der Waals surface area contributed by atoms with Crippen molar-refractivity contribution in [2.75, 3.05) is 13.1 Å². The third kappa shape index (κ3) is 3.95. The SMILES string of the molecule is CC(C)(C)OC(=O)N1CC[CH]([Zn+])CC1. The molecule has 1 saturated heterocycles. The first-order chi connectivity index (χ1) is 6.38. The van der Waals surface area contributed by atoms with Crippen LogP contribution in [0.5, 0.6) is 0 Å². The van der Waals surface area contributed by atoms with Crippen molar-refractivity contribution in [3.05, 3.63) is 0 Å². The maximum atomic E-state index is 11.6. The Balaban J connectivity index is 2.38. The Hall–Kier alpha value is -0.107. The zero-order valence-electron chi connectivity index (χ0n) is 9.38. The fraction of sp³-hybridized carbons (Fsp3) is 0.900. The summed E-state index contributed by atoms with van der Waals surface area (Å²) in [6.07, 6.45) is 2.16. The molecule has 0 atom stereocenters.